The topological polar surface area (TPSA) is 123 Å². The number of amides is 3. The summed E-state index contributed by atoms with van der Waals surface area (Å²) in [6.45, 7) is 8.53. The lowest BCUT2D eigenvalue weighted by Gasteiger charge is -2.22. The first-order valence-electron chi connectivity index (χ1n) is 16.1. The largest absolute Gasteiger partial charge is 0.458 e. The molecule has 9 nitrogen and oxygen atoms in total. The van der Waals surface area contributed by atoms with Crippen molar-refractivity contribution >= 4 is 29.6 Å². The van der Waals surface area contributed by atoms with E-state index in [9.17, 15) is 19.2 Å². The third-order valence-corrected chi connectivity index (χ3v) is 7.87. The van der Waals surface area contributed by atoms with Crippen molar-refractivity contribution in [3.63, 3.8) is 0 Å². The summed E-state index contributed by atoms with van der Waals surface area (Å²) in [7, 11) is 0. The maximum absolute atomic E-state index is 13.1. The summed E-state index contributed by atoms with van der Waals surface area (Å²) >= 11 is 0. The predicted octanol–water partition coefficient (Wildman–Crippen LogP) is 6.41. The molecule has 0 unspecified atom stereocenters. The van der Waals surface area contributed by atoms with Crippen LogP contribution in [0.15, 0.2) is 97.1 Å². The Bertz CT molecular complexity index is 1910. The Kier molecular flexibility index (Phi) is 10.5. The fraction of sp³-hybridized carbons (Fsp3) is 0.250. The molecule has 0 fully saturated rings. The summed E-state index contributed by atoms with van der Waals surface area (Å²) in [5, 5.41) is 8.12. The molecule has 0 spiro atoms. The standard InChI is InChI=1S/C40H39N3O6/c1-25(42-39(47)48-24-34-32-19-11-9-17-30(32)31-18-10-12-20-33(31)34)36(44)43-35-21-13-7-15-28(35)23-22-27-14-6-8-16-29(27)37(45)41-26(2)38(46)49-40(3,4)5/h6-21,25-26,34H,24H2,1-5H3,(H,41,45)(H,42,47)(H,43,44)/t25-,26-/m0/s1. The molecule has 0 heterocycles. The van der Waals surface area contributed by atoms with Gasteiger partial charge in [0, 0.05) is 17.0 Å². The number of hydrogen-bond donors (Lipinski definition) is 3. The second-order valence-electron chi connectivity index (χ2n) is 12.8. The minimum Gasteiger partial charge on any atom is -0.458 e. The van der Waals surface area contributed by atoms with Gasteiger partial charge in [0.05, 0.1) is 11.3 Å². The Morgan fingerprint density at radius 2 is 1.27 bits per heavy atom. The first-order chi connectivity index (χ1) is 23.4. The van der Waals surface area contributed by atoms with Crippen molar-refractivity contribution in [1.29, 1.82) is 0 Å². The van der Waals surface area contributed by atoms with Gasteiger partial charge in [0.25, 0.3) is 5.91 Å². The van der Waals surface area contributed by atoms with E-state index in [1.807, 2.05) is 36.4 Å². The van der Waals surface area contributed by atoms with E-state index in [4.69, 9.17) is 9.47 Å². The molecule has 2 atom stereocenters. The summed E-state index contributed by atoms with van der Waals surface area (Å²) < 4.78 is 11.0. The minimum atomic E-state index is -0.909. The summed E-state index contributed by atoms with van der Waals surface area (Å²) in [5.41, 5.74) is 5.41. The van der Waals surface area contributed by atoms with E-state index < -0.39 is 41.6 Å². The first kappa shape index (κ1) is 34.5. The maximum atomic E-state index is 13.1. The van der Waals surface area contributed by atoms with Gasteiger partial charge in [-0.15, -0.1) is 0 Å². The fourth-order valence-corrected chi connectivity index (χ4v) is 5.47. The van der Waals surface area contributed by atoms with Crippen LogP contribution in [0.3, 0.4) is 0 Å². The van der Waals surface area contributed by atoms with Gasteiger partial charge >= 0.3 is 12.1 Å². The Morgan fingerprint density at radius 3 is 1.92 bits per heavy atom. The summed E-state index contributed by atoms with van der Waals surface area (Å²) in [6.07, 6.45) is -0.701. The SMILES string of the molecule is C[C@H](NC(=O)OCC1c2ccccc2-c2ccccc21)C(=O)Nc1ccccc1C#Cc1ccccc1C(=O)N[C@@H](C)C(=O)OC(C)(C)C. The number of esters is 1. The number of carbonyl (C=O) groups excluding carboxylic acids is 4. The summed E-state index contributed by atoms with van der Waals surface area (Å²) in [6, 6.07) is 28.1. The molecule has 0 aromatic heterocycles. The molecule has 4 aromatic carbocycles. The smallest absolute Gasteiger partial charge is 0.407 e. The molecule has 0 saturated heterocycles. The normalized spacial score (nSPS) is 13.0. The molecular formula is C40H39N3O6. The quantitative estimate of drug-likeness (QED) is 0.149. The van der Waals surface area contributed by atoms with E-state index >= 15 is 0 Å². The molecule has 9 heteroatoms. The second-order valence-corrected chi connectivity index (χ2v) is 12.8. The number of para-hydroxylation sites is 1. The van der Waals surface area contributed by atoms with Crippen molar-refractivity contribution in [2.24, 2.45) is 0 Å². The van der Waals surface area contributed by atoms with Crippen LogP contribution in [0.1, 0.15) is 73.1 Å². The number of carbonyl (C=O) groups is 4. The molecule has 49 heavy (non-hydrogen) atoms. The zero-order valence-corrected chi connectivity index (χ0v) is 28.1. The molecular weight excluding hydrogens is 618 g/mol. The average Bonchev–Trinajstić information content (AvgIpc) is 3.39. The molecule has 0 saturated carbocycles. The van der Waals surface area contributed by atoms with Crippen LogP contribution in [0.2, 0.25) is 0 Å². The number of benzene rings is 4. The van der Waals surface area contributed by atoms with E-state index in [0.29, 0.717) is 16.8 Å². The van der Waals surface area contributed by atoms with Gasteiger partial charge in [0.15, 0.2) is 0 Å². The van der Waals surface area contributed by atoms with Crippen LogP contribution < -0.4 is 16.0 Å². The van der Waals surface area contributed by atoms with Gasteiger partial charge < -0.3 is 25.4 Å². The Labute approximate surface area is 286 Å². The van der Waals surface area contributed by atoms with E-state index in [1.54, 1.807) is 83.1 Å². The molecule has 0 radical (unpaired) electrons. The number of anilines is 1. The molecule has 5 rings (SSSR count). The average molecular weight is 658 g/mol. The van der Waals surface area contributed by atoms with Crippen LogP contribution >= 0.6 is 0 Å². The van der Waals surface area contributed by atoms with Gasteiger partial charge in [-0.05, 0) is 81.1 Å². The van der Waals surface area contributed by atoms with E-state index in [2.05, 4.69) is 39.9 Å². The van der Waals surface area contributed by atoms with Crippen molar-refractivity contribution in [3.05, 3.63) is 125 Å². The van der Waals surface area contributed by atoms with Gasteiger partial charge in [-0.3, -0.25) is 9.59 Å². The number of nitrogens with one attached hydrogen (secondary N) is 3. The van der Waals surface area contributed by atoms with Crippen molar-refractivity contribution < 1.29 is 28.7 Å². The van der Waals surface area contributed by atoms with Crippen molar-refractivity contribution in [2.45, 2.75) is 58.2 Å². The molecule has 3 N–H and O–H groups in total. The Hall–Kier alpha value is -5.88. The third-order valence-electron chi connectivity index (χ3n) is 7.87. The summed E-state index contributed by atoms with van der Waals surface area (Å²) in [4.78, 5) is 51.4. The molecule has 4 aromatic rings. The number of rotatable bonds is 8. The van der Waals surface area contributed by atoms with Gasteiger partial charge in [0.1, 0.15) is 24.3 Å². The van der Waals surface area contributed by atoms with Gasteiger partial charge in [-0.1, -0.05) is 84.6 Å². The van der Waals surface area contributed by atoms with Crippen molar-refractivity contribution in [3.8, 4) is 23.0 Å². The number of ether oxygens (including phenoxy) is 2. The monoisotopic (exact) mass is 657 g/mol. The third kappa shape index (κ3) is 8.54. The Morgan fingerprint density at radius 1 is 0.714 bits per heavy atom. The second kappa shape index (κ2) is 14.9. The summed E-state index contributed by atoms with van der Waals surface area (Å²) in [5.74, 6) is 4.47. The lowest BCUT2D eigenvalue weighted by atomic mass is 9.98. The highest BCUT2D eigenvalue weighted by molar-refractivity contribution is 5.99. The highest BCUT2D eigenvalue weighted by atomic mass is 16.6. The predicted molar refractivity (Wildman–Crippen MR) is 188 cm³/mol. The van der Waals surface area contributed by atoms with Crippen molar-refractivity contribution in [2.75, 3.05) is 11.9 Å². The lowest BCUT2D eigenvalue weighted by molar-refractivity contribution is -0.156. The van der Waals surface area contributed by atoms with Gasteiger partial charge in [-0.2, -0.15) is 0 Å². The van der Waals surface area contributed by atoms with Crippen LogP contribution in [-0.4, -0.2) is 48.2 Å². The van der Waals surface area contributed by atoms with Gasteiger partial charge in [-0.25, -0.2) is 9.59 Å². The number of alkyl carbamates (subject to hydrolysis) is 1. The van der Waals surface area contributed by atoms with E-state index in [1.165, 1.54) is 0 Å². The van der Waals surface area contributed by atoms with Crippen LogP contribution in [0.5, 0.6) is 0 Å². The molecule has 3 amide bonds. The van der Waals surface area contributed by atoms with Crippen molar-refractivity contribution in [1.82, 2.24) is 10.6 Å². The zero-order chi connectivity index (χ0) is 35.1. The van der Waals surface area contributed by atoms with Crippen LogP contribution in [-0.2, 0) is 19.1 Å². The molecule has 0 bridgehead atoms. The van der Waals surface area contributed by atoms with E-state index in [-0.39, 0.29) is 18.1 Å². The highest BCUT2D eigenvalue weighted by Gasteiger charge is 2.29. The highest BCUT2D eigenvalue weighted by Crippen LogP contribution is 2.44. The maximum Gasteiger partial charge on any atom is 0.407 e. The first-order valence-corrected chi connectivity index (χ1v) is 16.1. The molecule has 1 aliphatic carbocycles. The Balaban J connectivity index is 1.20. The molecule has 250 valence electrons. The molecule has 0 aliphatic heterocycles. The number of fused-ring (bicyclic) bond motifs is 3. The van der Waals surface area contributed by atoms with Crippen LogP contribution in [0, 0.1) is 11.8 Å². The van der Waals surface area contributed by atoms with E-state index in [0.717, 1.165) is 22.3 Å². The molecule has 1 aliphatic rings. The fourth-order valence-electron chi connectivity index (χ4n) is 5.47. The van der Waals surface area contributed by atoms with Gasteiger partial charge in [0.2, 0.25) is 5.91 Å². The minimum absolute atomic E-state index is 0.0997. The lowest BCUT2D eigenvalue weighted by Crippen LogP contribution is -2.42. The zero-order valence-electron chi connectivity index (χ0n) is 28.1. The van der Waals surface area contributed by atoms with Crippen LogP contribution in [0.4, 0.5) is 10.5 Å². The van der Waals surface area contributed by atoms with Crippen LogP contribution in [0.25, 0.3) is 11.1 Å². The number of hydrogen-bond acceptors (Lipinski definition) is 6.